The van der Waals surface area contributed by atoms with Gasteiger partial charge in [-0.3, -0.25) is 9.59 Å². The molecule has 0 radical (unpaired) electrons. The normalized spacial score (nSPS) is 46.6. The van der Waals surface area contributed by atoms with Crippen LogP contribution in [-0.2, 0) is 9.59 Å². The number of hydrogen-bond acceptors (Lipinski definition) is 3. The molecule has 0 aromatic heterocycles. The third-order valence-electron chi connectivity index (χ3n) is 9.40. The molecule has 0 aromatic rings. The monoisotopic (exact) mass is 400 g/mol. The number of imide groups is 2. The Kier molecular flexibility index (Phi) is 4.13. The Labute approximate surface area is 172 Å². The highest BCUT2D eigenvalue weighted by Gasteiger charge is 2.61. The summed E-state index contributed by atoms with van der Waals surface area (Å²) in [5.74, 6) is 1.56. The second kappa shape index (κ2) is 6.53. The van der Waals surface area contributed by atoms with E-state index < -0.39 is 11.8 Å². The molecule has 4 bridgehead atoms. The van der Waals surface area contributed by atoms with E-state index in [4.69, 9.17) is 0 Å². The van der Waals surface area contributed by atoms with Gasteiger partial charge in [-0.1, -0.05) is 6.42 Å². The molecule has 2 saturated heterocycles. The molecule has 6 nitrogen and oxygen atoms in total. The van der Waals surface area contributed by atoms with Crippen LogP contribution in [0.1, 0.15) is 77.0 Å². The van der Waals surface area contributed by atoms with Gasteiger partial charge < -0.3 is 4.90 Å². The van der Waals surface area contributed by atoms with Crippen molar-refractivity contribution >= 4 is 17.8 Å². The molecule has 4 amide bonds. The number of fused-ring (bicyclic) bond motifs is 1. The van der Waals surface area contributed by atoms with Gasteiger partial charge in [0, 0.05) is 5.92 Å². The first-order valence-corrected chi connectivity index (χ1v) is 12.1. The van der Waals surface area contributed by atoms with Crippen molar-refractivity contribution in [3.05, 3.63) is 0 Å². The standard InChI is InChI=1S/C23H33N3O3/c27-20-21(28)26(23-11-15-8-16(12-23)10-17(9-15)13-23)22(29)25(20)14-24-7-3-5-18-4-1-2-6-19(18)24/h15-19H,1-14H2/p+1/t15?,16?,17?,18-,19-,23?/m1/s1. The summed E-state index contributed by atoms with van der Waals surface area (Å²) in [6.45, 7) is 1.41. The second-order valence-electron chi connectivity index (χ2n) is 11.2. The Hall–Kier alpha value is -1.43. The molecular weight excluding hydrogens is 366 g/mol. The van der Waals surface area contributed by atoms with Crippen LogP contribution in [0.3, 0.4) is 0 Å². The minimum absolute atomic E-state index is 0.299. The van der Waals surface area contributed by atoms with E-state index in [1.807, 2.05) is 0 Å². The minimum atomic E-state index is -0.559. The molecule has 7 aliphatic rings. The van der Waals surface area contributed by atoms with Gasteiger partial charge in [0.05, 0.1) is 18.1 Å². The molecular formula is C23H34N3O3+. The number of quaternary nitrogens is 1. The molecule has 2 aliphatic heterocycles. The van der Waals surface area contributed by atoms with Gasteiger partial charge in [0.25, 0.3) is 0 Å². The van der Waals surface area contributed by atoms with Crippen LogP contribution >= 0.6 is 0 Å². The van der Waals surface area contributed by atoms with Crippen LogP contribution in [0.25, 0.3) is 0 Å². The maximum Gasteiger partial charge on any atom is 0.339 e. The molecule has 2 heterocycles. The Balaban J connectivity index is 1.24. The summed E-state index contributed by atoms with van der Waals surface area (Å²) in [6, 6.07) is 0.259. The molecule has 7 rings (SSSR count). The number of carbonyl (C=O) groups is 3. The van der Waals surface area contributed by atoms with Gasteiger partial charge in [0.2, 0.25) is 0 Å². The van der Waals surface area contributed by atoms with E-state index >= 15 is 0 Å². The Morgan fingerprint density at radius 1 is 0.828 bits per heavy atom. The summed E-state index contributed by atoms with van der Waals surface area (Å²) < 4.78 is 0. The van der Waals surface area contributed by atoms with Crippen LogP contribution in [0, 0.1) is 23.7 Å². The summed E-state index contributed by atoms with van der Waals surface area (Å²) in [6.07, 6.45) is 14.1. The fourth-order valence-corrected chi connectivity index (χ4v) is 8.67. The second-order valence-corrected chi connectivity index (χ2v) is 11.2. The molecule has 0 spiro atoms. The molecule has 6 heteroatoms. The van der Waals surface area contributed by atoms with Crippen molar-refractivity contribution in [1.29, 1.82) is 0 Å². The number of amides is 4. The van der Waals surface area contributed by atoms with Crippen molar-refractivity contribution in [3.8, 4) is 0 Å². The molecule has 0 aromatic carbocycles. The zero-order chi connectivity index (χ0) is 19.8. The van der Waals surface area contributed by atoms with Crippen molar-refractivity contribution in [3.63, 3.8) is 0 Å². The van der Waals surface area contributed by atoms with Crippen molar-refractivity contribution in [1.82, 2.24) is 9.80 Å². The Morgan fingerprint density at radius 3 is 2.14 bits per heavy atom. The third-order valence-corrected chi connectivity index (χ3v) is 9.40. The molecule has 1 unspecified atom stereocenters. The molecule has 5 saturated carbocycles. The number of nitrogens with zero attached hydrogens (tertiary/aromatic N) is 2. The van der Waals surface area contributed by atoms with Crippen molar-refractivity contribution in [2.75, 3.05) is 13.2 Å². The molecule has 158 valence electrons. The lowest BCUT2D eigenvalue weighted by Gasteiger charge is -2.58. The Bertz CT molecular complexity index is 712. The number of urea groups is 1. The summed E-state index contributed by atoms with van der Waals surface area (Å²) in [5, 5.41) is 0. The van der Waals surface area contributed by atoms with Gasteiger partial charge >= 0.3 is 17.8 Å². The molecule has 7 fully saturated rings. The fraction of sp³-hybridized carbons (Fsp3) is 0.870. The number of piperidine rings is 1. The number of carbonyl (C=O) groups excluding carboxylic acids is 3. The van der Waals surface area contributed by atoms with E-state index in [1.54, 1.807) is 0 Å². The lowest BCUT2D eigenvalue weighted by atomic mass is 9.52. The largest absolute Gasteiger partial charge is 0.339 e. The van der Waals surface area contributed by atoms with Crippen molar-refractivity contribution < 1.29 is 19.3 Å². The van der Waals surface area contributed by atoms with Gasteiger partial charge in [-0.15, -0.1) is 0 Å². The van der Waals surface area contributed by atoms with E-state index in [0.29, 0.717) is 30.5 Å². The summed E-state index contributed by atoms with van der Waals surface area (Å²) >= 11 is 0. The van der Waals surface area contributed by atoms with E-state index in [-0.39, 0.29) is 11.6 Å². The van der Waals surface area contributed by atoms with Gasteiger partial charge in [-0.25, -0.2) is 14.6 Å². The van der Waals surface area contributed by atoms with Crippen LogP contribution < -0.4 is 4.90 Å². The number of likely N-dealkylation sites (tertiary alicyclic amines) is 1. The number of nitrogens with one attached hydrogen (secondary N) is 1. The van der Waals surface area contributed by atoms with Crippen LogP contribution in [0.5, 0.6) is 0 Å². The Morgan fingerprint density at radius 2 is 1.45 bits per heavy atom. The van der Waals surface area contributed by atoms with Crippen molar-refractivity contribution in [2.45, 2.75) is 88.6 Å². The van der Waals surface area contributed by atoms with Crippen molar-refractivity contribution in [2.24, 2.45) is 23.7 Å². The smallest absolute Gasteiger partial charge is 0.315 e. The number of hydrogen-bond donors (Lipinski definition) is 1. The predicted molar refractivity (Wildman–Crippen MR) is 106 cm³/mol. The van der Waals surface area contributed by atoms with E-state index in [9.17, 15) is 14.4 Å². The highest BCUT2D eigenvalue weighted by Crippen LogP contribution is 2.58. The maximum absolute atomic E-state index is 13.5. The topological polar surface area (TPSA) is 62.1 Å². The molecule has 1 N–H and O–H groups in total. The molecule has 3 atom stereocenters. The first kappa shape index (κ1) is 18.3. The molecule has 5 aliphatic carbocycles. The minimum Gasteiger partial charge on any atom is -0.315 e. The first-order chi connectivity index (χ1) is 14.0. The fourth-order valence-electron chi connectivity index (χ4n) is 8.67. The van der Waals surface area contributed by atoms with Crippen LogP contribution in [0.2, 0.25) is 0 Å². The van der Waals surface area contributed by atoms with E-state index in [0.717, 1.165) is 31.7 Å². The van der Waals surface area contributed by atoms with Gasteiger partial charge in [0.1, 0.15) is 0 Å². The quantitative estimate of drug-likeness (QED) is 0.582. The summed E-state index contributed by atoms with van der Waals surface area (Å²) in [7, 11) is 0. The maximum atomic E-state index is 13.5. The first-order valence-electron chi connectivity index (χ1n) is 12.1. The third kappa shape index (κ3) is 2.74. The SMILES string of the molecule is O=C1C(=O)N(C23CC4CC(CC(C4)C2)C3)C(=O)N1C[NH+]1CCC[C@H]2CCCC[C@H]21. The average Bonchev–Trinajstić information content (AvgIpc) is 2.91. The predicted octanol–water partition coefficient (Wildman–Crippen LogP) is 1.94. The highest BCUT2D eigenvalue weighted by molar-refractivity contribution is 6.44. The van der Waals surface area contributed by atoms with Crippen LogP contribution in [0.15, 0.2) is 0 Å². The summed E-state index contributed by atoms with van der Waals surface area (Å²) in [5.41, 5.74) is -0.363. The van der Waals surface area contributed by atoms with Crippen LogP contribution in [0.4, 0.5) is 4.79 Å². The van der Waals surface area contributed by atoms with E-state index in [2.05, 4.69) is 0 Å². The highest BCUT2D eigenvalue weighted by atomic mass is 16.2. The zero-order valence-electron chi connectivity index (χ0n) is 17.4. The zero-order valence-corrected chi connectivity index (χ0v) is 17.4. The van der Waals surface area contributed by atoms with Gasteiger partial charge in [0.15, 0.2) is 6.67 Å². The average molecular weight is 401 g/mol. The van der Waals surface area contributed by atoms with Gasteiger partial charge in [-0.05, 0) is 88.4 Å². The number of rotatable bonds is 3. The lowest BCUT2D eigenvalue weighted by molar-refractivity contribution is -0.942. The lowest BCUT2D eigenvalue weighted by Crippen LogP contribution is -3.19. The summed E-state index contributed by atoms with van der Waals surface area (Å²) in [4.78, 5) is 43.6. The van der Waals surface area contributed by atoms with Gasteiger partial charge in [-0.2, -0.15) is 0 Å². The molecule has 29 heavy (non-hydrogen) atoms. The van der Waals surface area contributed by atoms with Crippen LogP contribution in [-0.4, -0.2) is 52.4 Å². The van der Waals surface area contributed by atoms with E-state index in [1.165, 1.54) is 72.5 Å².